The van der Waals surface area contributed by atoms with E-state index in [1.165, 1.54) is 11.3 Å². The molecule has 0 unspecified atom stereocenters. The Bertz CT molecular complexity index is 1870. The highest BCUT2D eigenvalue weighted by molar-refractivity contribution is 7.91. The number of thiazole rings is 1. The summed E-state index contributed by atoms with van der Waals surface area (Å²) in [7, 11) is -3.88. The Morgan fingerprint density at radius 3 is 2.69 bits per heavy atom. The van der Waals surface area contributed by atoms with Crippen molar-refractivity contribution in [1.29, 1.82) is 0 Å². The van der Waals surface area contributed by atoms with Crippen LogP contribution in [0.15, 0.2) is 60.7 Å². The molecule has 11 heteroatoms. The number of allylic oxidation sites excluding steroid dienone is 2. The van der Waals surface area contributed by atoms with Gasteiger partial charge in [0.15, 0.2) is 5.78 Å². The van der Waals surface area contributed by atoms with Crippen LogP contribution in [0.2, 0.25) is 0 Å². The zero-order valence-corrected chi connectivity index (χ0v) is 29.9. The highest BCUT2D eigenvalue weighted by Crippen LogP contribution is 2.57. The first-order valence-corrected chi connectivity index (χ1v) is 19.9. The third-order valence-corrected chi connectivity index (χ3v) is 14.2. The van der Waals surface area contributed by atoms with E-state index in [1.807, 2.05) is 49.4 Å². The van der Waals surface area contributed by atoms with E-state index in [4.69, 9.17) is 4.74 Å². The van der Waals surface area contributed by atoms with Gasteiger partial charge in [-0.25, -0.2) is 13.4 Å². The Morgan fingerprint density at radius 1 is 1.10 bits per heavy atom. The number of ether oxygens (including phenoxy) is 1. The largest absolute Gasteiger partial charge is 0.465 e. The number of aryl methyl sites for hydroxylation is 1. The zero-order chi connectivity index (χ0) is 34.4. The van der Waals surface area contributed by atoms with Crippen LogP contribution in [0.1, 0.15) is 82.3 Å². The quantitative estimate of drug-likeness (QED) is 0.287. The van der Waals surface area contributed by atoms with E-state index in [1.54, 1.807) is 11.8 Å². The molecule has 2 aliphatic carbocycles. The molecule has 49 heavy (non-hydrogen) atoms. The summed E-state index contributed by atoms with van der Waals surface area (Å²) in [6.45, 7) is 3.93. The molecule has 0 spiro atoms. The molecule has 2 aliphatic heterocycles. The molecular weight excluding hydrogens is 659 g/mol. The van der Waals surface area contributed by atoms with Gasteiger partial charge in [0.2, 0.25) is 21.8 Å². The van der Waals surface area contributed by atoms with Crippen LogP contribution < -0.4 is 9.46 Å². The number of benzene rings is 2. The molecule has 0 bridgehead atoms. The van der Waals surface area contributed by atoms with Crippen LogP contribution in [-0.2, 0) is 30.8 Å². The number of rotatable bonds is 7. The maximum Gasteiger partial charge on any atom is 0.274 e. The Balaban J connectivity index is 1.18. The number of hydrogen-bond acceptors (Lipinski definition) is 8. The molecule has 3 aromatic rings. The maximum atomic E-state index is 14.6. The smallest absolute Gasteiger partial charge is 0.274 e. The van der Waals surface area contributed by atoms with Crippen molar-refractivity contribution in [3.8, 4) is 5.19 Å². The van der Waals surface area contributed by atoms with Crippen molar-refractivity contribution >= 4 is 49.2 Å². The van der Waals surface area contributed by atoms with Crippen molar-refractivity contribution in [2.75, 3.05) is 6.54 Å². The molecule has 3 fully saturated rings. The Morgan fingerprint density at radius 2 is 1.92 bits per heavy atom. The second-order valence-electron chi connectivity index (χ2n) is 14.9. The number of ketones is 1. The van der Waals surface area contributed by atoms with E-state index in [2.05, 4.69) is 27.9 Å². The SMILES string of the molecule is Cc1cccc(C[C@H]2CCCCC/C=C\[C@H]3C[C@@]3(C(=O)NS(=O)(=O)C3(C)CC3)CC(=O)[C@@H]3C[C@@H](Oc4nc5ccccc5s4)CN3C2=O)c1. The summed E-state index contributed by atoms with van der Waals surface area (Å²) in [4.78, 5) is 49.2. The third kappa shape index (κ3) is 7.06. The van der Waals surface area contributed by atoms with E-state index in [0.717, 1.165) is 47.0 Å². The zero-order valence-electron chi connectivity index (χ0n) is 28.2. The van der Waals surface area contributed by atoms with Gasteiger partial charge in [0, 0.05) is 18.8 Å². The molecule has 2 saturated carbocycles. The fourth-order valence-electron chi connectivity index (χ4n) is 7.59. The van der Waals surface area contributed by atoms with Gasteiger partial charge in [-0.3, -0.25) is 19.1 Å². The molecule has 3 heterocycles. The van der Waals surface area contributed by atoms with Crippen molar-refractivity contribution in [3.05, 3.63) is 71.8 Å². The van der Waals surface area contributed by atoms with Crippen LogP contribution in [0, 0.1) is 24.2 Å². The van der Waals surface area contributed by atoms with Crippen molar-refractivity contribution < 1.29 is 27.5 Å². The van der Waals surface area contributed by atoms with Crippen LogP contribution in [0.25, 0.3) is 10.2 Å². The van der Waals surface area contributed by atoms with E-state index in [9.17, 15) is 22.8 Å². The number of Topliss-reactive ketones (excluding diaryl/α,β-unsaturated/α-hetero) is 1. The van der Waals surface area contributed by atoms with Gasteiger partial charge < -0.3 is 9.64 Å². The standard InChI is InChI=1S/C38H45N3O6S2/c1-25-11-10-12-26(19-25)20-27-13-6-4-3-5-7-14-28-22-38(28,35(44)40-49(45,46)37(2)17-18-37)23-32(42)31-21-29(24-41(31)34(27)43)47-36-39-30-15-8-9-16-33(30)48-36/h7-12,14-16,19,27-29,31H,3-6,13,17-18,20-24H2,1-2H3,(H,40,44)/b14-7-/t27-,28+,29-,31+,38-/m1/s1. The minimum Gasteiger partial charge on any atom is -0.465 e. The molecule has 260 valence electrons. The monoisotopic (exact) mass is 703 g/mol. The van der Waals surface area contributed by atoms with Gasteiger partial charge in [0.1, 0.15) is 6.10 Å². The van der Waals surface area contributed by atoms with Crippen molar-refractivity contribution in [2.45, 2.75) is 101 Å². The number of para-hydroxylation sites is 1. The third-order valence-electron chi connectivity index (χ3n) is 11.1. The lowest BCUT2D eigenvalue weighted by Crippen LogP contribution is -2.47. The molecule has 2 amide bonds. The van der Waals surface area contributed by atoms with Gasteiger partial charge in [-0.15, -0.1) is 0 Å². The first-order chi connectivity index (χ1) is 23.5. The molecule has 9 nitrogen and oxygen atoms in total. The van der Waals surface area contributed by atoms with E-state index in [0.29, 0.717) is 37.3 Å². The predicted octanol–water partition coefficient (Wildman–Crippen LogP) is 6.30. The Labute approximate surface area is 292 Å². The number of carbonyl (C=O) groups excluding carboxylic acids is 3. The molecule has 1 saturated heterocycles. The van der Waals surface area contributed by atoms with Gasteiger partial charge >= 0.3 is 0 Å². The minimum absolute atomic E-state index is 0.0710. The molecule has 0 radical (unpaired) electrons. The van der Waals surface area contributed by atoms with Gasteiger partial charge in [-0.2, -0.15) is 0 Å². The summed E-state index contributed by atoms with van der Waals surface area (Å²) in [5.41, 5.74) is 1.89. The molecular formula is C38H45N3O6S2. The summed E-state index contributed by atoms with van der Waals surface area (Å²) in [6.07, 6.45) is 10.1. The van der Waals surface area contributed by atoms with Crippen molar-refractivity contribution in [1.82, 2.24) is 14.6 Å². The number of fused-ring (bicyclic) bond motifs is 3. The molecule has 5 atom stereocenters. The van der Waals surface area contributed by atoms with E-state index < -0.39 is 38.2 Å². The average molecular weight is 704 g/mol. The molecule has 7 rings (SSSR count). The maximum absolute atomic E-state index is 14.6. The second kappa shape index (κ2) is 13.3. The van der Waals surface area contributed by atoms with Crippen molar-refractivity contribution in [2.24, 2.45) is 17.3 Å². The summed E-state index contributed by atoms with van der Waals surface area (Å²) in [6, 6.07) is 15.2. The number of sulfonamides is 1. The highest BCUT2D eigenvalue weighted by Gasteiger charge is 2.62. The van der Waals surface area contributed by atoms with E-state index in [-0.39, 0.29) is 42.9 Å². The summed E-state index contributed by atoms with van der Waals surface area (Å²) in [5.74, 6) is -1.46. The number of aromatic nitrogens is 1. The predicted molar refractivity (Wildman–Crippen MR) is 190 cm³/mol. The summed E-state index contributed by atoms with van der Waals surface area (Å²) in [5, 5.41) is 0.493. The van der Waals surface area contributed by atoms with Crippen molar-refractivity contribution in [3.63, 3.8) is 0 Å². The van der Waals surface area contributed by atoms with Crippen LogP contribution in [-0.4, -0.2) is 59.3 Å². The normalized spacial score (nSPS) is 29.3. The fraction of sp³-hybridized carbons (Fsp3) is 0.526. The van der Waals surface area contributed by atoms with Crippen LogP contribution in [0.5, 0.6) is 5.19 Å². The molecule has 1 aromatic heterocycles. The summed E-state index contributed by atoms with van der Waals surface area (Å²) < 4.78 is 35.0. The number of nitrogens with zero attached hydrogens (tertiary/aromatic N) is 2. The lowest BCUT2D eigenvalue weighted by molar-refractivity contribution is -0.142. The molecule has 1 N–H and O–H groups in total. The average Bonchev–Trinajstić information content (AvgIpc) is 3.87. The molecule has 2 aromatic carbocycles. The van der Waals surface area contributed by atoms with E-state index >= 15 is 0 Å². The highest BCUT2D eigenvalue weighted by atomic mass is 32.2. The lowest BCUT2D eigenvalue weighted by Gasteiger charge is -2.29. The second-order valence-corrected chi connectivity index (χ2v) is 18.1. The number of nitrogens with one attached hydrogen (secondary N) is 1. The summed E-state index contributed by atoms with van der Waals surface area (Å²) >= 11 is 1.43. The fourth-order valence-corrected chi connectivity index (χ4v) is 9.80. The first kappa shape index (κ1) is 33.9. The number of carbonyl (C=O) groups is 3. The van der Waals surface area contributed by atoms with Gasteiger partial charge in [0.25, 0.3) is 5.19 Å². The Hall–Kier alpha value is -3.57. The van der Waals surface area contributed by atoms with Crippen LogP contribution >= 0.6 is 11.3 Å². The number of hydrogen-bond donors (Lipinski definition) is 1. The van der Waals surface area contributed by atoms with Gasteiger partial charge in [-0.05, 0) is 82.4 Å². The lowest BCUT2D eigenvalue weighted by atomic mass is 9.89. The van der Waals surface area contributed by atoms with Crippen LogP contribution in [0.3, 0.4) is 0 Å². The molecule has 4 aliphatic rings. The van der Waals surface area contributed by atoms with Crippen LogP contribution in [0.4, 0.5) is 0 Å². The first-order valence-electron chi connectivity index (χ1n) is 17.6. The number of amides is 2. The minimum atomic E-state index is -3.88. The van der Waals surface area contributed by atoms with Gasteiger partial charge in [0.05, 0.1) is 33.0 Å². The van der Waals surface area contributed by atoms with Gasteiger partial charge in [-0.1, -0.05) is 78.3 Å². The topological polar surface area (TPSA) is 123 Å². The Kier molecular flexibility index (Phi) is 9.19.